The highest BCUT2D eigenvalue weighted by molar-refractivity contribution is 5.84. The monoisotopic (exact) mass is 366 g/mol. The fourth-order valence-electron chi connectivity index (χ4n) is 5.88. The first-order valence-electron chi connectivity index (χ1n) is 9.92. The van der Waals surface area contributed by atoms with Gasteiger partial charge in [0.2, 0.25) is 5.88 Å². The van der Waals surface area contributed by atoms with Crippen LogP contribution in [0.15, 0.2) is 30.6 Å². The average Bonchev–Trinajstić information content (AvgIpc) is 2.94. The number of likely N-dealkylation sites (N-methyl/N-ethyl adjacent to an activating group) is 1. The Morgan fingerprint density at radius 2 is 2.07 bits per heavy atom. The minimum atomic E-state index is 0.0364. The number of benzene rings is 1. The molecule has 6 heteroatoms. The number of fused-ring (bicyclic) bond motifs is 2. The van der Waals surface area contributed by atoms with Crippen LogP contribution in [0.5, 0.6) is 5.88 Å². The molecule has 4 atom stereocenters. The third-order valence-corrected chi connectivity index (χ3v) is 7.16. The lowest BCUT2D eigenvalue weighted by Gasteiger charge is -2.50. The van der Waals surface area contributed by atoms with Crippen LogP contribution in [0, 0.1) is 5.41 Å². The van der Waals surface area contributed by atoms with Crippen LogP contribution in [-0.4, -0.2) is 64.0 Å². The number of piperidine rings is 1. The van der Waals surface area contributed by atoms with Crippen molar-refractivity contribution in [2.75, 3.05) is 20.2 Å². The van der Waals surface area contributed by atoms with Crippen LogP contribution in [0.25, 0.3) is 10.9 Å². The fraction of sp³-hybridized carbons (Fsp3) is 0.571. The lowest BCUT2D eigenvalue weighted by Crippen LogP contribution is -2.58. The van der Waals surface area contributed by atoms with E-state index >= 15 is 0 Å². The number of para-hydroxylation sites is 1. The molecule has 3 aliphatic rings. The maximum atomic E-state index is 13.1. The third-order valence-electron chi connectivity index (χ3n) is 7.16. The zero-order valence-electron chi connectivity index (χ0n) is 16.0. The summed E-state index contributed by atoms with van der Waals surface area (Å²) in [6.45, 7) is 3.24. The van der Waals surface area contributed by atoms with Gasteiger partial charge in [-0.15, -0.1) is 0 Å². The Balaban J connectivity index is 1.36. The number of carbonyl (C=O) groups excluding carboxylic acids is 1. The van der Waals surface area contributed by atoms with Crippen molar-refractivity contribution in [2.45, 2.75) is 50.7 Å². The Labute approximate surface area is 159 Å². The van der Waals surface area contributed by atoms with E-state index in [0.717, 1.165) is 23.9 Å². The summed E-state index contributed by atoms with van der Waals surface area (Å²) in [4.78, 5) is 26.2. The number of nitrogens with zero attached hydrogens (tertiary/aromatic N) is 4. The van der Waals surface area contributed by atoms with E-state index < -0.39 is 0 Å². The molecule has 6 nitrogen and oxygen atoms in total. The van der Waals surface area contributed by atoms with Crippen LogP contribution in [-0.2, 0) is 4.79 Å². The van der Waals surface area contributed by atoms with E-state index in [4.69, 9.17) is 4.74 Å². The largest absolute Gasteiger partial charge is 0.467 e. The summed E-state index contributed by atoms with van der Waals surface area (Å²) >= 11 is 0. The minimum absolute atomic E-state index is 0.0364. The zero-order valence-corrected chi connectivity index (χ0v) is 16.0. The van der Waals surface area contributed by atoms with Crippen molar-refractivity contribution in [3.8, 4) is 5.88 Å². The molecule has 0 N–H and O–H groups in total. The average molecular weight is 366 g/mol. The topological polar surface area (TPSA) is 58.6 Å². The molecule has 2 aromatic rings. The first-order chi connectivity index (χ1) is 13.1. The number of hydrogen-bond donors (Lipinski definition) is 0. The molecule has 1 saturated carbocycles. The molecule has 5 rings (SSSR count). The first-order valence-corrected chi connectivity index (χ1v) is 9.92. The number of hydrogen-bond acceptors (Lipinski definition) is 5. The SMILES string of the molecule is CN1[C@@H]2CN(C(=O)COc3ncnc4ccccc34)[C@@H]3CCC[C@H]1[C@]3(C)C2. The fourth-order valence-corrected chi connectivity index (χ4v) is 5.88. The Morgan fingerprint density at radius 1 is 1.26 bits per heavy atom. The second kappa shape index (κ2) is 6.16. The smallest absolute Gasteiger partial charge is 0.260 e. The summed E-state index contributed by atoms with van der Waals surface area (Å²) in [5.74, 6) is 0.563. The molecule has 0 unspecified atom stereocenters. The normalized spacial score (nSPS) is 32.7. The Bertz CT molecular complexity index is 882. The van der Waals surface area contributed by atoms with Crippen LogP contribution < -0.4 is 4.74 Å². The quantitative estimate of drug-likeness (QED) is 0.835. The molecule has 3 fully saturated rings. The number of rotatable bonds is 3. The van der Waals surface area contributed by atoms with E-state index in [1.807, 2.05) is 24.3 Å². The molecular formula is C21H26N4O2. The molecule has 0 radical (unpaired) electrons. The van der Waals surface area contributed by atoms with Gasteiger partial charge < -0.3 is 9.64 Å². The van der Waals surface area contributed by atoms with Crippen LogP contribution in [0.2, 0.25) is 0 Å². The van der Waals surface area contributed by atoms with Crippen molar-refractivity contribution in [3.63, 3.8) is 0 Å². The summed E-state index contributed by atoms with van der Waals surface area (Å²) in [7, 11) is 2.24. The highest BCUT2D eigenvalue weighted by Crippen LogP contribution is 2.53. The molecule has 1 aromatic heterocycles. The van der Waals surface area contributed by atoms with Crippen LogP contribution >= 0.6 is 0 Å². The number of ether oxygens (including phenoxy) is 1. The molecule has 1 amide bonds. The standard InChI is InChI=1S/C21H26N4O2/c1-21-10-14-11-25(18(21)9-5-8-17(21)24(14)2)19(26)12-27-20-15-6-3-4-7-16(15)22-13-23-20/h3-4,6-7,13-14,17-18H,5,8-12H2,1-2H3/t14-,17-,18+,21-/m0/s1. The molecule has 1 aromatic carbocycles. The number of likely N-dealkylation sites (tertiary alicyclic amines) is 2. The van der Waals surface area contributed by atoms with Gasteiger partial charge in [-0.25, -0.2) is 9.97 Å². The zero-order chi connectivity index (χ0) is 18.6. The number of carbonyl (C=O) groups is 1. The van der Waals surface area contributed by atoms with Gasteiger partial charge in [0.25, 0.3) is 5.91 Å². The maximum Gasteiger partial charge on any atom is 0.260 e. The molecule has 3 heterocycles. The van der Waals surface area contributed by atoms with E-state index in [0.29, 0.717) is 24.0 Å². The highest BCUT2D eigenvalue weighted by Gasteiger charge is 2.59. The summed E-state index contributed by atoms with van der Waals surface area (Å²) in [5.41, 5.74) is 1.04. The van der Waals surface area contributed by atoms with E-state index in [1.54, 1.807) is 0 Å². The van der Waals surface area contributed by atoms with Gasteiger partial charge in [0.1, 0.15) is 6.33 Å². The van der Waals surface area contributed by atoms with Crippen LogP contribution in [0.3, 0.4) is 0 Å². The molecule has 0 spiro atoms. The second-order valence-electron chi connectivity index (χ2n) is 8.52. The third kappa shape index (κ3) is 2.53. The lowest BCUT2D eigenvalue weighted by atomic mass is 9.66. The summed E-state index contributed by atoms with van der Waals surface area (Å²) in [6.07, 6.45) is 6.26. The van der Waals surface area contributed by atoms with Gasteiger partial charge in [-0.1, -0.05) is 19.1 Å². The van der Waals surface area contributed by atoms with Crippen molar-refractivity contribution in [3.05, 3.63) is 30.6 Å². The highest BCUT2D eigenvalue weighted by atomic mass is 16.5. The number of amides is 1. The van der Waals surface area contributed by atoms with Crippen molar-refractivity contribution >= 4 is 16.8 Å². The van der Waals surface area contributed by atoms with E-state index in [1.165, 1.54) is 25.6 Å². The van der Waals surface area contributed by atoms with Gasteiger partial charge >= 0.3 is 0 Å². The molecule has 2 aliphatic heterocycles. The van der Waals surface area contributed by atoms with E-state index in [2.05, 4.69) is 33.7 Å². The van der Waals surface area contributed by atoms with E-state index in [9.17, 15) is 4.79 Å². The first kappa shape index (κ1) is 16.9. The maximum absolute atomic E-state index is 13.1. The van der Waals surface area contributed by atoms with Gasteiger partial charge in [0, 0.05) is 30.1 Å². The van der Waals surface area contributed by atoms with Crippen LogP contribution in [0.1, 0.15) is 32.6 Å². The van der Waals surface area contributed by atoms with Gasteiger partial charge in [0.05, 0.1) is 10.9 Å². The molecule has 27 heavy (non-hydrogen) atoms. The van der Waals surface area contributed by atoms with Crippen molar-refractivity contribution in [1.29, 1.82) is 0 Å². The molecule has 142 valence electrons. The summed E-state index contributed by atoms with van der Waals surface area (Å²) in [5, 5.41) is 0.843. The lowest BCUT2D eigenvalue weighted by molar-refractivity contribution is -0.142. The molecule has 2 bridgehead atoms. The van der Waals surface area contributed by atoms with Gasteiger partial charge in [-0.3, -0.25) is 9.69 Å². The van der Waals surface area contributed by atoms with Gasteiger partial charge in [-0.2, -0.15) is 0 Å². The Hall–Kier alpha value is -2.21. The predicted octanol–water partition coefficient (Wildman–Crippen LogP) is 2.48. The summed E-state index contributed by atoms with van der Waals surface area (Å²) < 4.78 is 5.87. The molecular weight excluding hydrogens is 340 g/mol. The van der Waals surface area contributed by atoms with Crippen molar-refractivity contribution in [1.82, 2.24) is 19.8 Å². The Morgan fingerprint density at radius 3 is 2.96 bits per heavy atom. The van der Waals surface area contributed by atoms with Crippen molar-refractivity contribution in [2.24, 2.45) is 5.41 Å². The second-order valence-corrected chi connectivity index (χ2v) is 8.52. The minimum Gasteiger partial charge on any atom is -0.467 e. The van der Waals surface area contributed by atoms with Crippen LogP contribution in [0.4, 0.5) is 0 Å². The van der Waals surface area contributed by atoms with Gasteiger partial charge in [0.15, 0.2) is 6.61 Å². The summed E-state index contributed by atoms with van der Waals surface area (Å²) in [6, 6.07) is 9.12. The van der Waals surface area contributed by atoms with Crippen molar-refractivity contribution < 1.29 is 9.53 Å². The Kier molecular flexibility index (Phi) is 3.86. The van der Waals surface area contributed by atoms with Gasteiger partial charge in [-0.05, 0) is 44.9 Å². The predicted molar refractivity (Wildman–Crippen MR) is 102 cm³/mol. The molecule has 1 aliphatic carbocycles. The van der Waals surface area contributed by atoms with E-state index in [-0.39, 0.29) is 17.9 Å². The molecule has 2 saturated heterocycles. The number of aromatic nitrogens is 2.